The number of nitrogens with one attached hydrogen (secondary N) is 2. The van der Waals surface area contributed by atoms with Crippen molar-refractivity contribution in [3.05, 3.63) is 29.8 Å². The van der Waals surface area contributed by atoms with Crippen LogP contribution in [0.4, 0.5) is 5.69 Å². The van der Waals surface area contributed by atoms with E-state index in [0.717, 1.165) is 12.8 Å². The number of hydrogen-bond donors (Lipinski definition) is 3. The van der Waals surface area contributed by atoms with E-state index in [1.54, 1.807) is 31.2 Å². The third-order valence-electron chi connectivity index (χ3n) is 3.74. The molecular weight excluding hydrogens is 266 g/mol. The first-order chi connectivity index (χ1) is 9.94. The number of amides is 2. The smallest absolute Gasteiger partial charge is 0.251 e. The highest BCUT2D eigenvalue weighted by Gasteiger charge is 2.21. The van der Waals surface area contributed by atoms with Gasteiger partial charge in [0.2, 0.25) is 5.91 Å². The van der Waals surface area contributed by atoms with E-state index in [0.29, 0.717) is 24.2 Å². The van der Waals surface area contributed by atoms with Crippen LogP contribution in [0.1, 0.15) is 50.4 Å². The number of benzene rings is 1. The summed E-state index contributed by atoms with van der Waals surface area (Å²) in [5.41, 5.74) is 6.93. The fraction of sp³-hybridized carbons (Fsp3) is 0.500. The third kappa shape index (κ3) is 5.19. The Morgan fingerprint density at radius 3 is 2.43 bits per heavy atom. The van der Waals surface area contributed by atoms with Crippen LogP contribution in [0.25, 0.3) is 0 Å². The van der Waals surface area contributed by atoms with Crippen LogP contribution in [0.3, 0.4) is 0 Å². The Bertz CT molecular complexity index is 496. The van der Waals surface area contributed by atoms with Gasteiger partial charge in [-0.1, -0.05) is 26.8 Å². The van der Waals surface area contributed by atoms with Crippen molar-refractivity contribution in [1.82, 2.24) is 5.32 Å². The fourth-order valence-electron chi connectivity index (χ4n) is 1.85. The van der Waals surface area contributed by atoms with Gasteiger partial charge in [0.15, 0.2) is 0 Å². The summed E-state index contributed by atoms with van der Waals surface area (Å²) >= 11 is 0. The fourth-order valence-corrected chi connectivity index (χ4v) is 1.85. The Labute approximate surface area is 126 Å². The molecule has 0 aromatic heterocycles. The van der Waals surface area contributed by atoms with E-state index in [2.05, 4.69) is 10.6 Å². The molecule has 0 atom stereocenters. The maximum atomic E-state index is 12.2. The predicted octanol–water partition coefficient (Wildman–Crippen LogP) is 2.28. The van der Waals surface area contributed by atoms with E-state index in [1.165, 1.54) is 0 Å². The van der Waals surface area contributed by atoms with Gasteiger partial charge in [-0.15, -0.1) is 0 Å². The maximum Gasteiger partial charge on any atom is 0.251 e. The molecule has 116 valence electrons. The van der Waals surface area contributed by atoms with Gasteiger partial charge in [0.25, 0.3) is 5.91 Å². The zero-order chi connectivity index (χ0) is 15.9. The number of anilines is 1. The second-order valence-corrected chi connectivity index (χ2v) is 5.23. The van der Waals surface area contributed by atoms with Crippen molar-refractivity contribution in [2.45, 2.75) is 45.6 Å². The molecule has 0 aliphatic rings. The van der Waals surface area contributed by atoms with Gasteiger partial charge in [-0.2, -0.15) is 0 Å². The van der Waals surface area contributed by atoms with Crippen LogP contribution < -0.4 is 16.4 Å². The summed E-state index contributed by atoms with van der Waals surface area (Å²) in [5.74, 6) is -0.259. The summed E-state index contributed by atoms with van der Waals surface area (Å²) in [6.45, 7) is 6.24. The molecule has 0 heterocycles. The highest BCUT2D eigenvalue weighted by Crippen LogP contribution is 2.13. The highest BCUT2D eigenvalue weighted by atomic mass is 16.2. The molecule has 0 aliphatic heterocycles. The van der Waals surface area contributed by atoms with Gasteiger partial charge in [0.05, 0.1) is 0 Å². The summed E-state index contributed by atoms with van der Waals surface area (Å²) in [6, 6.07) is 6.89. The van der Waals surface area contributed by atoms with Gasteiger partial charge >= 0.3 is 0 Å². The minimum absolute atomic E-state index is 0.0782. The Kier molecular flexibility index (Phi) is 6.37. The van der Waals surface area contributed by atoms with Gasteiger partial charge < -0.3 is 16.4 Å². The predicted molar refractivity (Wildman–Crippen MR) is 85.2 cm³/mol. The zero-order valence-electron chi connectivity index (χ0n) is 13.0. The highest BCUT2D eigenvalue weighted by molar-refractivity contribution is 5.97. The minimum Gasteiger partial charge on any atom is -0.350 e. The Morgan fingerprint density at radius 1 is 1.19 bits per heavy atom. The lowest BCUT2D eigenvalue weighted by Crippen LogP contribution is -2.49. The SMILES string of the molecule is CCC(=O)Nc1cccc(C(=O)NCC(N)(CC)CC)c1. The molecule has 0 bridgehead atoms. The molecule has 0 fully saturated rings. The van der Waals surface area contributed by atoms with Gasteiger partial charge in [0.1, 0.15) is 0 Å². The molecule has 0 radical (unpaired) electrons. The lowest BCUT2D eigenvalue weighted by molar-refractivity contribution is -0.115. The summed E-state index contributed by atoms with van der Waals surface area (Å²) in [4.78, 5) is 23.5. The molecule has 0 spiro atoms. The molecule has 1 aromatic carbocycles. The molecule has 4 N–H and O–H groups in total. The van der Waals surface area contributed by atoms with Gasteiger partial charge in [-0.3, -0.25) is 9.59 Å². The van der Waals surface area contributed by atoms with Crippen molar-refractivity contribution in [3.63, 3.8) is 0 Å². The van der Waals surface area contributed by atoms with Crippen molar-refractivity contribution in [1.29, 1.82) is 0 Å². The van der Waals surface area contributed by atoms with E-state index in [4.69, 9.17) is 5.73 Å². The molecule has 21 heavy (non-hydrogen) atoms. The molecule has 0 saturated heterocycles. The van der Waals surface area contributed by atoms with Crippen molar-refractivity contribution in [2.75, 3.05) is 11.9 Å². The van der Waals surface area contributed by atoms with E-state index in [1.807, 2.05) is 13.8 Å². The van der Waals surface area contributed by atoms with Crippen molar-refractivity contribution >= 4 is 17.5 Å². The average Bonchev–Trinajstić information content (AvgIpc) is 2.52. The first-order valence-electron chi connectivity index (χ1n) is 7.41. The molecule has 1 rings (SSSR count). The average molecular weight is 291 g/mol. The van der Waals surface area contributed by atoms with Crippen LogP contribution in [0.5, 0.6) is 0 Å². The second kappa shape index (κ2) is 7.78. The Morgan fingerprint density at radius 2 is 1.86 bits per heavy atom. The summed E-state index contributed by atoms with van der Waals surface area (Å²) in [6.07, 6.45) is 2.01. The maximum absolute atomic E-state index is 12.2. The first-order valence-corrected chi connectivity index (χ1v) is 7.41. The second-order valence-electron chi connectivity index (χ2n) is 5.23. The van der Waals surface area contributed by atoms with E-state index < -0.39 is 0 Å². The summed E-state index contributed by atoms with van der Waals surface area (Å²) in [5, 5.41) is 5.60. The van der Waals surface area contributed by atoms with Gasteiger partial charge in [-0.25, -0.2) is 0 Å². The zero-order valence-corrected chi connectivity index (χ0v) is 13.0. The lowest BCUT2D eigenvalue weighted by Gasteiger charge is -2.26. The van der Waals surface area contributed by atoms with E-state index in [9.17, 15) is 9.59 Å². The molecule has 5 nitrogen and oxygen atoms in total. The van der Waals surface area contributed by atoms with Crippen LogP contribution in [-0.4, -0.2) is 23.9 Å². The standard InChI is InChI=1S/C16H25N3O2/c1-4-14(20)19-13-9-7-8-12(10-13)15(21)18-11-16(17,5-2)6-3/h7-10H,4-6,11,17H2,1-3H3,(H,18,21)(H,19,20). The minimum atomic E-state index is -0.371. The molecule has 5 heteroatoms. The summed E-state index contributed by atoms with van der Waals surface area (Å²) < 4.78 is 0. The monoisotopic (exact) mass is 291 g/mol. The lowest BCUT2D eigenvalue weighted by atomic mass is 9.94. The number of rotatable bonds is 7. The number of nitrogens with two attached hydrogens (primary N) is 1. The molecule has 0 unspecified atom stereocenters. The number of carbonyl (C=O) groups is 2. The Hall–Kier alpha value is -1.88. The molecule has 2 amide bonds. The molecule has 1 aromatic rings. The molecule has 0 saturated carbocycles. The first kappa shape index (κ1) is 17.2. The largest absolute Gasteiger partial charge is 0.350 e. The van der Waals surface area contributed by atoms with E-state index in [-0.39, 0.29) is 17.4 Å². The van der Waals surface area contributed by atoms with Crippen molar-refractivity contribution in [2.24, 2.45) is 5.73 Å². The normalized spacial score (nSPS) is 11.0. The van der Waals surface area contributed by atoms with Gasteiger partial charge in [-0.05, 0) is 31.0 Å². The van der Waals surface area contributed by atoms with Crippen LogP contribution in [0.15, 0.2) is 24.3 Å². The number of hydrogen-bond acceptors (Lipinski definition) is 3. The van der Waals surface area contributed by atoms with Crippen LogP contribution in [0.2, 0.25) is 0 Å². The quantitative estimate of drug-likeness (QED) is 0.720. The van der Waals surface area contributed by atoms with Crippen molar-refractivity contribution in [3.8, 4) is 0 Å². The van der Waals surface area contributed by atoms with Crippen LogP contribution >= 0.6 is 0 Å². The number of carbonyl (C=O) groups excluding carboxylic acids is 2. The third-order valence-corrected chi connectivity index (χ3v) is 3.74. The van der Waals surface area contributed by atoms with Crippen LogP contribution in [0, 0.1) is 0 Å². The Balaban J connectivity index is 2.70. The molecule has 0 aliphatic carbocycles. The topological polar surface area (TPSA) is 84.2 Å². The van der Waals surface area contributed by atoms with Crippen molar-refractivity contribution < 1.29 is 9.59 Å². The van der Waals surface area contributed by atoms with Gasteiger partial charge in [0, 0.05) is 29.8 Å². The molecular formula is C16H25N3O2. The summed E-state index contributed by atoms with van der Waals surface area (Å²) in [7, 11) is 0. The van der Waals surface area contributed by atoms with E-state index >= 15 is 0 Å². The van der Waals surface area contributed by atoms with Crippen LogP contribution in [-0.2, 0) is 4.79 Å².